The Morgan fingerprint density at radius 2 is 1.68 bits per heavy atom. The fourth-order valence-corrected chi connectivity index (χ4v) is 6.03. The largest absolute Gasteiger partial charge is 0.496 e. The second-order valence-corrected chi connectivity index (χ2v) is 11.5. The summed E-state index contributed by atoms with van der Waals surface area (Å²) < 4.78 is 87.6. The minimum absolute atomic E-state index is 0.0275. The van der Waals surface area contributed by atoms with E-state index in [0.29, 0.717) is 32.6 Å². The van der Waals surface area contributed by atoms with Gasteiger partial charge in [-0.15, -0.1) is 0 Å². The standard InChI is InChI=1S/C32H33F6N5O4/c1-47-26-9-6-21(15-25(26)31(33,34)35)24-17-39-28(16-22(24)18-43-10-2-3-27(43)32(36,37)38)40-30(46)20-4-7-23(8-5-20)42-13-11-41(12-14-42)19-29(44)45/h4-9,15-17,27H,2-3,10-14,18-19H2,1H3,(H,44,45)(H,39,40,46). The Bertz CT molecular complexity index is 1590. The number of amides is 1. The Balaban J connectivity index is 1.38. The molecule has 2 aliphatic rings. The molecule has 2 aliphatic heterocycles. The monoisotopic (exact) mass is 665 g/mol. The van der Waals surface area contributed by atoms with Gasteiger partial charge in [0.05, 0.1) is 19.2 Å². The van der Waals surface area contributed by atoms with E-state index in [2.05, 4.69) is 15.2 Å². The number of likely N-dealkylation sites (tertiary alicyclic amines) is 1. The number of aliphatic carboxylic acids is 1. The Morgan fingerprint density at radius 1 is 0.979 bits per heavy atom. The number of aromatic nitrogens is 1. The van der Waals surface area contributed by atoms with E-state index >= 15 is 0 Å². The van der Waals surface area contributed by atoms with Crippen LogP contribution in [0.2, 0.25) is 0 Å². The number of alkyl halides is 6. The number of pyridine rings is 1. The highest BCUT2D eigenvalue weighted by Gasteiger charge is 2.46. The van der Waals surface area contributed by atoms with Crippen molar-refractivity contribution in [3.05, 3.63) is 71.4 Å². The molecule has 3 heterocycles. The third kappa shape index (κ3) is 8.14. The first-order valence-corrected chi connectivity index (χ1v) is 14.9. The molecule has 2 fully saturated rings. The van der Waals surface area contributed by atoms with Gasteiger partial charge in [0.15, 0.2) is 0 Å². The summed E-state index contributed by atoms with van der Waals surface area (Å²) in [6.45, 7) is 2.27. The predicted molar refractivity (Wildman–Crippen MR) is 161 cm³/mol. The van der Waals surface area contributed by atoms with Crippen LogP contribution in [-0.2, 0) is 17.5 Å². The van der Waals surface area contributed by atoms with Crippen molar-refractivity contribution in [2.45, 2.75) is 37.8 Å². The highest BCUT2D eigenvalue weighted by molar-refractivity contribution is 6.04. The van der Waals surface area contributed by atoms with Gasteiger partial charge in [-0.2, -0.15) is 26.3 Å². The molecule has 2 aromatic carbocycles. The van der Waals surface area contributed by atoms with Gasteiger partial charge in [0.25, 0.3) is 5.91 Å². The van der Waals surface area contributed by atoms with Crippen molar-refractivity contribution in [1.29, 1.82) is 0 Å². The number of carbonyl (C=O) groups excluding carboxylic acids is 1. The van der Waals surface area contributed by atoms with E-state index in [1.807, 2.05) is 4.90 Å². The number of hydrogen-bond acceptors (Lipinski definition) is 7. The molecule has 3 aromatic rings. The number of nitrogens with one attached hydrogen (secondary N) is 1. The zero-order valence-electron chi connectivity index (χ0n) is 25.4. The summed E-state index contributed by atoms with van der Waals surface area (Å²) in [6, 6.07) is 9.82. The van der Waals surface area contributed by atoms with E-state index in [4.69, 9.17) is 9.84 Å². The molecule has 1 atom stereocenters. The molecule has 0 radical (unpaired) electrons. The van der Waals surface area contributed by atoms with Crippen molar-refractivity contribution in [2.75, 3.05) is 56.6 Å². The molecule has 2 N–H and O–H groups in total. The number of rotatable bonds is 9. The van der Waals surface area contributed by atoms with Gasteiger partial charge in [-0.05, 0) is 73.0 Å². The van der Waals surface area contributed by atoms with Crippen LogP contribution in [-0.4, -0.2) is 90.4 Å². The number of anilines is 2. The van der Waals surface area contributed by atoms with Crippen LogP contribution < -0.4 is 15.0 Å². The summed E-state index contributed by atoms with van der Waals surface area (Å²) in [4.78, 5) is 33.5. The number of ether oxygens (including phenoxy) is 1. The van der Waals surface area contributed by atoms with Crippen LogP contribution in [0.3, 0.4) is 0 Å². The van der Waals surface area contributed by atoms with Crippen LogP contribution in [0, 0.1) is 0 Å². The third-order valence-electron chi connectivity index (χ3n) is 8.39. The number of carboxylic acid groups (broad SMARTS) is 1. The first-order chi connectivity index (χ1) is 22.2. The molecule has 0 saturated carbocycles. The fraction of sp³-hybridized carbons (Fsp3) is 0.406. The average molecular weight is 666 g/mol. The average Bonchev–Trinajstić information content (AvgIpc) is 3.50. The lowest BCUT2D eigenvalue weighted by Gasteiger charge is -2.35. The smallest absolute Gasteiger partial charge is 0.419 e. The quantitative estimate of drug-likeness (QED) is 0.279. The molecule has 252 valence electrons. The van der Waals surface area contributed by atoms with Gasteiger partial charge in [0, 0.05) is 55.7 Å². The molecule has 15 heteroatoms. The first kappa shape index (κ1) is 34.0. The maximum Gasteiger partial charge on any atom is 0.419 e. The number of halogens is 6. The molecular weight excluding hydrogens is 632 g/mol. The second kappa shape index (κ2) is 13.8. The molecular formula is C32H33F6N5O4. The Kier molecular flexibility index (Phi) is 9.96. The number of hydrogen-bond donors (Lipinski definition) is 2. The van der Waals surface area contributed by atoms with Crippen molar-refractivity contribution < 1.29 is 45.8 Å². The number of nitrogens with zero attached hydrogens (tertiary/aromatic N) is 4. The predicted octanol–water partition coefficient (Wildman–Crippen LogP) is 5.76. The van der Waals surface area contributed by atoms with Gasteiger partial charge in [-0.25, -0.2) is 4.98 Å². The van der Waals surface area contributed by atoms with Gasteiger partial charge in [0.2, 0.25) is 0 Å². The first-order valence-electron chi connectivity index (χ1n) is 14.9. The van der Waals surface area contributed by atoms with E-state index < -0.39 is 41.6 Å². The molecule has 5 rings (SSSR count). The molecule has 1 unspecified atom stereocenters. The minimum Gasteiger partial charge on any atom is -0.496 e. The molecule has 0 aliphatic carbocycles. The van der Waals surface area contributed by atoms with Gasteiger partial charge < -0.3 is 20.1 Å². The highest BCUT2D eigenvalue weighted by Crippen LogP contribution is 2.40. The maximum atomic E-state index is 13.8. The Labute approximate surface area is 266 Å². The van der Waals surface area contributed by atoms with Crippen molar-refractivity contribution in [1.82, 2.24) is 14.8 Å². The second-order valence-electron chi connectivity index (χ2n) is 11.5. The molecule has 47 heavy (non-hydrogen) atoms. The van der Waals surface area contributed by atoms with Crippen LogP contribution in [0.15, 0.2) is 54.7 Å². The van der Waals surface area contributed by atoms with E-state index in [9.17, 15) is 35.9 Å². The topological polar surface area (TPSA) is 98.2 Å². The van der Waals surface area contributed by atoms with Crippen LogP contribution >= 0.6 is 0 Å². The summed E-state index contributed by atoms with van der Waals surface area (Å²) in [5.74, 6) is -1.79. The number of benzene rings is 2. The highest BCUT2D eigenvalue weighted by atomic mass is 19.4. The summed E-state index contributed by atoms with van der Waals surface area (Å²) in [5.41, 5.74) is 0.636. The SMILES string of the molecule is COc1ccc(-c2cnc(NC(=O)c3ccc(N4CCN(CC(=O)O)CC4)cc3)cc2CN2CCCC2C(F)(F)F)cc1C(F)(F)F. The summed E-state index contributed by atoms with van der Waals surface area (Å²) >= 11 is 0. The maximum absolute atomic E-state index is 13.8. The number of carbonyl (C=O) groups is 2. The molecule has 0 spiro atoms. The number of piperazine rings is 1. The Morgan fingerprint density at radius 3 is 2.30 bits per heavy atom. The van der Waals surface area contributed by atoms with E-state index in [1.165, 1.54) is 23.2 Å². The molecule has 9 nitrogen and oxygen atoms in total. The van der Waals surface area contributed by atoms with Crippen molar-refractivity contribution >= 4 is 23.4 Å². The lowest BCUT2D eigenvalue weighted by atomic mass is 9.98. The van der Waals surface area contributed by atoms with Crippen LogP contribution in [0.5, 0.6) is 5.75 Å². The van der Waals surface area contributed by atoms with Crippen molar-refractivity contribution in [3.8, 4) is 16.9 Å². The number of carboxylic acids is 1. The third-order valence-corrected chi connectivity index (χ3v) is 8.39. The van der Waals surface area contributed by atoms with Crippen LogP contribution in [0.4, 0.5) is 37.8 Å². The summed E-state index contributed by atoms with van der Waals surface area (Å²) in [6.07, 6.45) is -7.77. The van der Waals surface area contributed by atoms with Gasteiger partial charge in [-0.3, -0.25) is 19.4 Å². The van der Waals surface area contributed by atoms with Gasteiger partial charge in [-0.1, -0.05) is 6.07 Å². The number of methoxy groups -OCH3 is 1. The molecule has 2 saturated heterocycles. The van der Waals surface area contributed by atoms with Crippen LogP contribution in [0.1, 0.15) is 34.3 Å². The van der Waals surface area contributed by atoms with Crippen LogP contribution in [0.25, 0.3) is 11.1 Å². The van der Waals surface area contributed by atoms with Crippen molar-refractivity contribution in [3.63, 3.8) is 0 Å². The molecule has 1 aromatic heterocycles. The molecule has 0 bridgehead atoms. The van der Waals surface area contributed by atoms with Gasteiger partial charge >= 0.3 is 18.3 Å². The minimum atomic E-state index is -4.75. The zero-order chi connectivity index (χ0) is 33.9. The van der Waals surface area contributed by atoms with E-state index in [0.717, 1.165) is 24.9 Å². The Hall–Kier alpha value is -4.37. The lowest BCUT2D eigenvalue weighted by Crippen LogP contribution is -2.47. The lowest BCUT2D eigenvalue weighted by molar-refractivity contribution is -0.177. The normalized spacial score (nSPS) is 17.9. The van der Waals surface area contributed by atoms with E-state index in [1.54, 1.807) is 24.3 Å². The van der Waals surface area contributed by atoms with E-state index in [-0.39, 0.29) is 54.1 Å². The zero-order valence-corrected chi connectivity index (χ0v) is 25.4. The van der Waals surface area contributed by atoms with Crippen molar-refractivity contribution in [2.24, 2.45) is 0 Å². The van der Waals surface area contributed by atoms with Gasteiger partial charge in [0.1, 0.15) is 17.6 Å². The summed E-state index contributed by atoms with van der Waals surface area (Å²) in [7, 11) is 1.11. The fourth-order valence-electron chi connectivity index (χ4n) is 6.03. The molecule has 1 amide bonds. The summed E-state index contributed by atoms with van der Waals surface area (Å²) in [5, 5.41) is 11.6.